The summed E-state index contributed by atoms with van der Waals surface area (Å²) in [6.45, 7) is 2.58. The number of hydrogen-bond acceptors (Lipinski definition) is 7. The lowest BCUT2D eigenvalue weighted by molar-refractivity contribution is -0.159. The van der Waals surface area contributed by atoms with E-state index >= 15 is 0 Å². The molecule has 0 amide bonds. The van der Waals surface area contributed by atoms with Crippen LogP contribution >= 0.6 is 34.9 Å². The maximum Gasteiger partial charge on any atom is 0.414 e. The zero-order valence-corrected chi connectivity index (χ0v) is 18.5. The van der Waals surface area contributed by atoms with Gasteiger partial charge in [0.05, 0.1) is 28.4 Å². The van der Waals surface area contributed by atoms with Crippen molar-refractivity contribution in [3.05, 3.63) is 45.6 Å². The summed E-state index contributed by atoms with van der Waals surface area (Å²) < 4.78 is 14.6. The monoisotopic (exact) mass is 473 g/mol. The maximum absolute atomic E-state index is 9.10. The number of halogens is 2. The molecular formula is C19H21Cl2N3O5S. The highest BCUT2D eigenvalue weighted by molar-refractivity contribution is 6.99. The Morgan fingerprint density at radius 2 is 1.93 bits per heavy atom. The van der Waals surface area contributed by atoms with Crippen LogP contribution in [0.4, 0.5) is 0 Å². The zero-order valence-electron chi connectivity index (χ0n) is 16.2. The van der Waals surface area contributed by atoms with E-state index in [2.05, 4.69) is 26.8 Å². The van der Waals surface area contributed by atoms with Crippen LogP contribution in [0.25, 0.3) is 5.57 Å². The molecule has 0 aliphatic carbocycles. The molecule has 1 aliphatic rings. The second-order valence-electron chi connectivity index (χ2n) is 6.48. The Morgan fingerprint density at radius 3 is 2.57 bits per heavy atom. The van der Waals surface area contributed by atoms with Crippen LogP contribution in [0, 0.1) is 0 Å². The lowest BCUT2D eigenvalue weighted by atomic mass is 10.1. The Labute approximate surface area is 188 Å². The number of ether oxygens (including phenoxy) is 1. The first kappa shape index (κ1) is 24.1. The molecule has 2 heterocycles. The van der Waals surface area contributed by atoms with Gasteiger partial charge < -0.3 is 19.8 Å². The Kier molecular flexibility index (Phi) is 9.51. The van der Waals surface area contributed by atoms with Crippen LogP contribution < -0.4 is 4.74 Å². The van der Waals surface area contributed by atoms with Crippen LogP contribution in [0.5, 0.6) is 5.88 Å². The van der Waals surface area contributed by atoms with E-state index in [0.29, 0.717) is 22.5 Å². The summed E-state index contributed by atoms with van der Waals surface area (Å²) in [4.78, 5) is 20.5. The first-order chi connectivity index (χ1) is 14.3. The van der Waals surface area contributed by atoms with E-state index < -0.39 is 11.9 Å². The number of aromatic nitrogens is 2. The first-order valence-electron chi connectivity index (χ1n) is 9.01. The molecule has 0 saturated carbocycles. The van der Waals surface area contributed by atoms with Gasteiger partial charge in [-0.3, -0.25) is 0 Å². The Balaban J connectivity index is 0.000000469. The average molecular weight is 474 g/mol. The average Bonchev–Trinajstić information content (AvgIpc) is 3.17. The molecule has 0 spiro atoms. The number of hydrogen-bond donors (Lipinski definition) is 2. The molecule has 0 bridgehead atoms. The van der Waals surface area contributed by atoms with Crippen LogP contribution in [-0.2, 0) is 16.0 Å². The zero-order chi connectivity index (χ0) is 22.1. The van der Waals surface area contributed by atoms with Crippen molar-refractivity contribution < 1.29 is 24.5 Å². The fourth-order valence-electron chi connectivity index (χ4n) is 2.68. The van der Waals surface area contributed by atoms with E-state index in [-0.39, 0.29) is 0 Å². The lowest BCUT2D eigenvalue weighted by Crippen LogP contribution is -2.25. The fourth-order valence-corrected chi connectivity index (χ4v) is 3.53. The number of aryl methyl sites for hydroxylation is 1. The minimum absolute atomic E-state index is 0.584. The molecule has 2 N–H and O–H groups in total. The standard InChI is InChI=1S/C17H19Cl2N3OS.C2H2O4/c1-22-8-2-5-13(11-22)16-17(21-24-20-16)23-9-3-4-12-6-7-14(18)15(19)10-12;3-1(4)2(5)6/h5-7,10H,2-4,8-9,11H2,1H3;(H,3,4)(H,5,6). The van der Waals surface area contributed by atoms with Gasteiger partial charge in [-0.1, -0.05) is 35.3 Å². The van der Waals surface area contributed by atoms with Gasteiger partial charge in [-0.25, -0.2) is 9.59 Å². The van der Waals surface area contributed by atoms with Crippen LogP contribution in [0.1, 0.15) is 24.1 Å². The summed E-state index contributed by atoms with van der Waals surface area (Å²) in [6, 6.07) is 5.73. The highest BCUT2D eigenvalue weighted by atomic mass is 35.5. The van der Waals surface area contributed by atoms with Gasteiger partial charge >= 0.3 is 11.9 Å². The number of carboxylic acid groups (broad SMARTS) is 2. The molecule has 0 fully saturated rings. The molecule has 0 atom stereocenters. The van der Waals surface area contributed by atoms with Gasteiger partial charge in [0.25, 0.3) is 5.88 Å². The van der Waals surface area contributed by atoms with E-state index in [9.17, 15) is 0 Å². The van der Waals surface area contributed by atoms with Crippen molar-refractivity contribution in [1.29, 1.82) is 0 Å². The second-order valence-corrected chi connectivity index (χ2v) is 7.83. The molecule has 0 radical (unpaired) electrons. The van der Waals surface area contributed by atoms with Gasteiger partial charge in [0.2, 0.25) is 0 Å². The minimum Gasteiger partial charge on any atom is -0.475 e. The first-order valence-corrected chi connectivity index (χ1v) is 10.5. The maximum atomic E-state index is 9.10. The van der Waals surface area contributed by atoms with Crippen molar-refractivity contribution in [2.24, 2.45) is 0 Å². The molecule has 3 rings (SSSR count). The number of rotatable bonds is 6. The molecule has 1 aromatic heterocycles. The van der Waals surface area contributed by atoms with E-state index in [1.165, 1.54) is 17.3 Å². The van der Waals surface area contributed by atoms with Crippen LogP contribution in [-0.4, -0.2) is 62.5 Å². The summed E-state index contributed by atoms with van der Waals surface area (Å²) in [5, 5.41) is 16.0. The van der Waals surface area contributed by atoms with Gasteiger partial charge in [0.15, 0.2) is 0 Å². The molecule has 0 saturated heterocycles. The molecule has 11 heteroatoms. The molecule has 162 valence electrons. The second kappa shape index (κ2) is 11.8. The van der Waals surface area contributed by atoms with E-state index in [0.717, 1.165) is 43.6 Å². The van der Waals surface area contributed by atoms with Crippen LogP contribution in [0.3, 0.4) is 0 Å². The van der Waals surface area contributed by atoms with Crippen LogP contribution in [0.2, 0.25) is 10.0 Å². The summed E-state index contributed by atoms with van der Waals surface area (Å²) in [6.07, 6.45) is 5.04. The molecule has 0 unspecified atom stereocenters. The Morgan fingerprint density at radius 1 is 1.20 bits per heavy atom. The van der Waals surface area contributed by atoms with Crippen molar-refractivity contribution in [2.75, 3.05) is 26.7 Å². The number of carboxylic acids is 2. The summed E-state index contributed by atoms with van der Waals surface area (Å²) in [5.74, 6) is -3.00. The van der Waals surface area contributed by atoms with Crippen molar-refractivity contribution in [1.82, 2.24) is 13.6 Å². The number of likely N-dealkylation sites (N-methyl/N-ethyl adjacent to an activating group) is 1. The molecular weight excluding hydrogens is 453 g/mol. The van der Waals surface area contributed by atoms with Crippen LogP contribution in [0.15, 0.2) is 24.3 Å². The van der Waals surface area contributed by atoms with E-state index in [1.54, 1.807) is 0 Å². The van der Waals surface area contributed by atoms with Gasteiger partial charge in [0.1, 0.15) is 5.69 Å². The fraction of sp³-hybridized carbons (Fsp3) is 0.368. The largest absolute Gasteiger partial charge is 0.475 e. The Bertz CT molecular complexity index is 907. The van der Waals surface area contributed by atoms with E-state index in [4.69, 9.17) is 47.7 Å². The van der Waals surface area contributed by atoms with E-state index in [1.807, 2.05) is 18.2 Å². The third-order valence-electron chi connectivity index (χ3n) is 4.12. The number of benzene rings is 1. The number of aliphatic carboxylic acids is 2. The van der Waals surface area contributed by atoms with Crippen molar-refractivity contribution in [3.8, 4) is 5.88 Å². The van der Waals surface area contributed by atoms with Gasteiger partial charge in [-0.15, -0.1) is 4.37 Å². The third-order valence-corrected chi connectivity index (χ3v) is 5.37. The SMILES string of the molecule is CN1CCC=C(c2nsnc2OCCCc2ccc(Cl)c(Cl)c2)C1.O=C(O)C(=O)O. The summed E-state index contributed by atoms with van der Waals surface area (Å²) in [5.41, 5.74) is 3.25. The predicted molar refractivity (Wildman–Crippen MR) is 116 cm³/mol. The molecule has 30 heavy (non-hydrogen) atoms. The van der Waals surface area contributed by atoms with Gasteiger partial charge in [0, 0.05) is 13.1 Å². The molecule has 1 aromatic carbocycles. The number of nitrogens with zero attached hydrogens (tertiary/aromatic N) is 3. The van der Waals surface area contributed by atoms with Crippen molar-refractivity contribution in [2.45, 2.75) is 19.3 Å². The smallest absolute Gasteiger partial charge is 0.414 e. The topological polar surface area (TPSA) is 113 Å². The Hall–Kier alpha value is -2.20. The predicted octanol–water partition coefficient (Wildman–Crippen LogP) is 3.73. The molecule has 2 aromatic rings. The summed E-state index contributed by atoms with van der Waals surface area (Å²) >= 11 is 13.2. The third kappa shape index (κ3) is 7.56. The summed E-state index contributed by atoms with van der Waals surface area (Å²) in [7, 11) is 2.12. The molecule has 1 aliphatic heterocycles. The minimum atomic E-state index is -1.82. The van der Waals surface area contributed by atoms with Gasteiger partial charge in [-0.2, -0.15) is 4.37 Å². The quantitative estimate of drug-likeness (QED) is 0.481. The highest BCUT2D eigenvalue weighted by Gasteiger charge is 2.18. The highest BCUT2D eigenvalue weighted by Crippen LogP contribution is 2.27. The normalized spacial score (nSPS) is 13.8. The lowest BCUT2D eigenvalue weighted by Gasteiger charge is -2.22. The molecule has 8 nitrogen and oxygen atoms in total. The van der Waals surface area contributed by atoms with Gasteiger partial charge in [-0.05, 0) is 49.6 Å². The van der Waals surface area contributed by atoms with Crippen molar-refractivity contribution >= 4 is 52.4 Å². The number of carbonyl (C=O) groups is 2. The van der Waals surface area contributed by atoms with Crippen molar-refractivity contribution in [3.63, 3.8) is 0 Å².